The van der Waals surface area contributed by atoms with Gasteiger partial charge in [0.15, 0.2) is 0 Å². The van der Waals surface area contributed by atoms with Crippen molar-refractivity contribution in [1.82, 2.24) is 4.98 Å². The number of nitrogens with one attached hydrogen (secondary N) is 2. The molecule has 0 bridgehead atoms. The van der Waals surface area contributed by atoms with Crippen molar-refractivity contribution in [1.29, 1.82) is 0 Å². The molecule has 4 aromatic rings. The summed E-state index contributed by atoms with van der Waals surface area (Å²) in [5, 5.41) is 4.09. The lowest BCUT2D eigenvalue weighted by Gasteiger charge is -2.13. The SMILES string of the molecule is Cc1nc2ccccc2c(C)c1CC(=O)Nc1cccc(S(=O)(=O)Nc2ccccc2Cl)c1. The second-order valence-electron chi connectivity index (χ2n) is 7.66. The van der Waals surface area contributed by atoms with Crippen LogP contribution in [0.1, 0.15) is 16.8 Å². The monoisotopic (exact) mass is 479 g/mol. The summed E-state index contributed by atoms with van der Waals surface area (Å²) in [5.74, 6) is -0.258. The molecule has 1 heterocycles. The van der Waals surface area contributed by atoms with E-state index in [9.17, 15) is 13.2 Å². The Morgan fingerprint density at radius 1 is 0.970 bits per heavy atom. The molecule has 0 unspecified atom stereocenters. The highest BCUT2D eigenvalue weighted by atomic mass is 35.5. The molecule has 8 heteroatoms. The van der Waals surface area contributed by atoms with Crippen LogP contribution in [0, 0.1) is 13.8 Å². The maximum atomic E-state index is 12.8. The van der Waals surface area contributed by atoms with Crippen molar-refractivity contribution in [3.05, 3.63) is 94.6 Å². The van der Waals surface area contributed by atoms with Crippen LogP contribution in [-0.2, 0) is 21.2 Å². The third-order valence-corrected chi connectivity index (χ3v) is 7.06. The molecule has 0 fully saturated rings. The van der Waals surface area contributed by atoms with Crippen molar-refractivity contribution in [2.75, 3.05) is 10.0 Å². The van der Waals surface area contributed by atoms with Gasteiger partial charge in [0, 0.05) is 16.8 Å². The number of carbonyl (C=O) groups excluding carboxylic acids is 1. The minimum absolute atomic E-state index is 0.0138. The van der Waals surface area contributed by atoms with Crippen molar-refractivity contribution in [3.63, 3.8) is 0 Å². The van der Waals surface area contributed by atoms with E-state index in [1.807, 2.05) is 38.1 Å². The van der Waals surface area contributed by atoms with Gasteiger partial charge in [0.2, 0.25) is 5.91 Å². The van der Waals surface area contributed by atoms with Gasteiger partial charge in [0.1, 0.15) is 0 Å². The van der Waals surface area contributed by atoms with Crippen molar-refractivity contribution in [2.45, 2.75) is 25.2 Å². The number of aryl methyl sites for hydroxylation is 2. The van der Waals surface area contributed by atoms with Crippen LogP contribution in [0.15, 0.2) is 77.7 Å². The summed E-state index contributed by atoms with van der Waals surface area (Å²) in [6, 6.07) is 20.5. The molecule has 2 N–H and O–H groups in total. The number of halogens is 1. The number of hydrogen-bond acceptors (Lipinski definition) is 4. The molecule has 0 spiro atoms. The zero-order valence-electron chi connectivity index (χ0n) is 18.1. The minimum atomic E-state index is -3.89. The number of anilines is 2. The zero-order chi connectivity index (χ0) is 23.6. The van der Waals surface area contributed by atoms with Gasteiger partial charge in [-0.2, -0.15) is 0 Å². The molecule has 6 nitrogen and oxygen atoms in total. The number of rotatable bonds is 6. The van der Waals surface area contributed by atoms with Gasteiger partial charge in [-0.3, -0.25) is 14.5 Å². The van der Waals surface area contributed by atoms with Crippen molar-refractivity contribution in [3.8, 4) is 0 Å². The fourth-order valence-electron chi connectivity index (χ4n) is 3.69. The number of benzene rings is 3. The highest BCUT2D eigenvalue weighted by molar-refractivity contribution is 7.92. The first kappa shape index (κ1) is 22.8. The molecule has 0 aliphatic rings. The van der Waals surface area contributed by atoms with Crippen LogP contribution in [0.25, 0.3) is 10.9 Å². The summed E-state index contributed by atoms with van der Waals surface area (Å²) < 4.78 is 28.1. The third-order valence-electron chi connectivity index (χ3n) is 5.37. The van der Waals surface area contributed by atoms with Gasteiger partial charge in [0.25, 0.3) is 10.0 Å². The van der Waals surface area contributed by atoms with Gasteiger partial charge < -0.3 is 5.32 Å². The molecule has 0 saturated heterocycles. The van der Waals surface area contributed by atoms with E-state index < -0.39 is 10.0 Å². The molecule has 0 atom stereocenters. The lowest BCUT2D eigenvalue weighted by Crippen LogP contribution is -2.17. The lowest BCUT2D eigenvalue weighted by atomic mass is 9.99. The number of pyridine rings is 1. The van der Waals surface area contributed by atoms with E-state index in [0.717, 1.165) is 27.7 Å². The molecule has 33 heavy (non-hydrogen) atoms. The summed E-state index contributed by atoms with van der Waals surface area (Å²) in [6.45, 7) is 3.86. The van der Waals surface area contributed by atoms with E-state index in [1.165, 1.54) is 12.1 Å². The number of fused-ring (bicyclic) bond motifs is 1. The number of para-hydroxylation sites is 2. The molecule has 3 aromatic carbocycles. The maximum Gasteiger partial charge on any atom is 0.262 e. The van der Waals surface area contributed by atoms with Gasteiger partial charge >= 0.3 is 0 Å². The molecular formula is C25H22ClN3O3S. The number of sulfonamides is 1. The highest BCUT2D eigenvalue weighted by Gasteiger charge is 2.17. The standard InChI is InChI=1S/C25H22ClN3O3S/c1-16-20-10-3-5-12-23(20)27-17(2)21(16)15-25(30)28-18-8-7-9-19(14-18)33(31,32)29-24-13-6-4-11-22(24)26/h3-14,29H,15H2,1-2H3,(H,28,30). The van der Waals surface area contributed by atoms with Crippen molar-refractivity contribution in [2.24, 2.45) is 0 Å². The summed E-state index contributed by atoms with van der Waals surface area (Å²) in [6.07, 6.45) is 0.129. The highest BCUT2D eigenvalue weighted by Crippen LogP contribution is 2.26. The number of carbonyl (C=O) groups is 1. The number of nitrogens with zero attached hydrogens (tertiary/aromatic N) is 1. The average Bonchev–Trinajstić information content (AvgIpc) is 2.78. The maximum absolute atomic E-state index is 12.8. The zero-order valence-corrected chi connectivity index (χ0v) is 19.7. The number of amides is 1. The second-order valence-corrected chi connectivity index (χ2v) is 9.75. The van der Waals surface area contributed by atoms with E-state index in [-0.39, 0.29) is 22.9 Å². The Morgan fingerprint density at radius 2 is 1.70 bits per heavy atom. The van der Waals surface area contributed by atoms with Crippen LogP contribution in [0.4, 0.5) is 11.4 Å². The fraction of sp³-hybridized carbons (Fsp3) is 0.120. The first-order valence-corrected chi connectivity index (χ1v) is 12.1. The molecule has 4 rings (SSSR count). The minimum Gasteiger partial charge on any atom is -0.326 e. The largest absolute Gasteiger partial charge is 0.326 e. The van der Waals surface area contributed by atoms with Crippen LogP contribution in [0.2, 0.25) is 5.02 Å². The first-order chi connectivity index (χ1) is 15.7. The summed E-state index contributed by atoms with van der Waals surface area (Å²) >= 11 is 6.07. The normalized spacial score (nSPS) is 11.4. The van der Waals surface area contributed by atoms with Gasteiger partial charge in [-0.25, -0.2) is 8.42 Å². The van der Waals surface area contributed by atoms with Crippen LogP contribution in [0.3, 0.4) is 0 Å². The lowest BCUT2D eigenvalue weighted by molar-refractivity contribution is -0.115. The van der Waals surface area contributed by atoms with Crippen LogP contribution in [-0.4, -0.2) is 19.3 Å². The average molecular weight is 480 g/mol. The number of aromatic nitrogens is 1. The molecule has 0 radical (unpaired) electrons. The molecule has 0 saturated carbocycles. The first-order valence-electron chi connectivity index (χ1n) is 10.3. The van der Waals surface area contributed by atoms with Gasteiger partial charge in [0.05, 0.1) is 27.5 Å². The molecular weight excluding hydrogens is 458 g/mol. The Balaban J connectivity index is 1.54. The summed E-state index contributed by atoms with van der Waals surface area (Å²) in [7, 11) is -3.89. The quantitative estimate of drug-likeness (QED) is 0.383. The van der Waals surface area contributed by atoms with Crippen molar-refractivity contribution < 1.29 is 13.2 Å². The number of hydrogen-bond donors (Lipinski definition) is 2. The van der Waals surface area contributed by atoms with Gasteiger partial charge in [-0.1, -0.05) is 48.0 Å². The van der Waals surface area contributed by atoms with Crippen LogP contribution >= 0.6 is 11.6 Å². The van der Waals surface area contributed by atoms with E-state index in [0.29, 0.717) is 10.7 Å². The van der Waals surface area contributed by atoms with E-state index in [2.05, 4.69) is 15.0 Å². The molecule has 1 amide bonds. The Bertz CT molecular complexity index is 1470. The Labute approximate surface area is 197 Å². The Morgan fingerprint density at radius 3 is 2.48 bits per heavy atom. The third kappa shape index (κ3) is 4.99. The summed E-state index contributed by atoms with van der Waals surface area (Å²) in [5.41, 5.74) is 4.21. The van der Waals surface area contributed by atoms with Gasteiger partial charge in [-0.05, 0) is 61.4 Å². The molecule has 0 aliphatic carbocycles. The van der Waals surface area contributed by atoms with E-state index in [1.54, 1.807) is 36.4 Å². The van der Waals surface area contributed by atoms with Crippen molar-refractivity contribution >= 4 is 49.8 Å². The van der Waals surface area contributed by atoms with Crippen LogP contribution < -0.4 is 10.0 Å². The van der Waals surface area contributed by atoms with E-state index in [4.69, 9.17) is 11.6 Å². The topological polar surface area (TPSA) is 88.2 Å². The predicted molar refractivity (Wildman–Crippen MR) is 132 cm³/mol. The molecule has 1 aromatic heterocycles. The molecule has 0 aliphatic heterocycles. The van der Waals surface area contributed by atoms with Crippen LogP contribution in [0.5, 0.6) is 0 Å². The second kappa shape index (κ2) is 9.21. The Kier molecular flexibility index (Phi) is 6.35. The fourth-order valence-corrected chi connectivity index (χ4v) is 5.05. The smallest absolute Gasteiger partial charge is 0.262 e. The Hall–Kier alpha value is -3.42. The summed E-state index contributed by atoms with van der Waals surface area (Å²) in [4.78, 5) is 17.4. The van der Waals surface area contributed by atoms with E-state index >= 15 is 0 Å². The molecule has 168 valence electrons. The predicted octanol–water partition coefficient (Wildman–Crippen LogP) is 5.49. The van der Waals surface area contributed by atoms with Gasteiger partial charge in [-0.15, -0.1) is 0 Å².